The fourth-order valence-electron chi connectivity index (χ4n) is 3.32. The highest BCUT2D eigenvalue weighted by molar-refractivity contribution is 6.36. The number of pyridine rings is 1. The summed E-state index contributed by atoms with van der Waals surface area (Å²) in [5.74, 6) is 0.976. The Balaban J connectivity index is 1.31. The number of hydrogen-bond donors (Lipinski definition) is 1. The maximum Gasteiger partial charge on any atom is 0.241 e. The summed E-state index contributed by atoms with van der Waals surface area (Å²) in [6.45, 7) is 2.10. The van der Waals surface area contributed by atoms with Crippen molar-refractivity contribution in [3.8, 4) is 11.4 Å². The summed E-state index contributed by atoms with van der Waals surface area (Å²) >= 11 is 12.1. The van der Waals surface area contributed by atoms with Gasteiger partial charge in [-0.3, -0.25) is 14.7 Å². The number of carbonyl (C=O) groups is 1. The SMILES string of the molecule is O=C(Nc1cccnc1)C1CCN(Cc2nc(-c3ccc(Cl)cc3Cl)no2)CC1. The zero-order valence-electron chi connectivity index (χ0n) is 15.5. The van der Waals surface area contributed by atoms with Gasteiger partial charge in [-0.2, -0.15) is 4.98 Å². The Kier molecular flexibility index (Phi) is 6.08. The van der Waals surface area contributed by atoms with E-state index in [-0.39, 0.29) is 11.8 Å². The van der Waals surface area contributed by atoms with Crippen molar-refractivity contribution < 1.29 is 9.32 Å². The molecular weight excluding hydrogens is 413 g/mol. The minimum Gasteiger partial charge on any atom is -0.338 e. The largest absolute Gasteiger partial charge is 0.338 e. The maximum absolute atomic E-state index is 12.4. The fraction of sp³-hybridized carbons (Fsp3) is 0.300. The minimum atomic E-state index is -0.0161. The zero-order valence-corrected chi connectivity index (χ0v) is 17.0. The Hall–Kier alpha value is -2.48. The molecule has 0 radical (unpaired) electrons. The molecular formula is C20H19Cl2N5O2. The lowest BCUT2D eigenvalue weighted by Crippen LogP contribution is -2.37. The molecule has 0 atom stereocenters. The van der Waals surface area contributed by atoms with Crippen molar-refractivity contribution in [3.05, 3.63) is 58.7 Å². The van der Waals surface area contributed by atoms with E-state index < -0.39 is 0 Å². The Labute approximate surface area is 178 Å². The molecule has 1 N–H and O–H groups in total. The molecule has 29 heavy (non-hydrogen) atoms. The third-order valence-electron chi connectivity index (χ3n) is 4.89. The van der Waals surface area contributed by atoms with Crippen LogP contribution in [0.4, 0.5) is 5.69 Å². The van der Waals surface area contributed by atoms with Gasteiger partial charge in [0.15, 0.2) is 0 Å². The average Bonchev–Trinajstić information content (AvgIpc) is 3.17. The van der Waals surface area contributed by atoms with E-state index in [0.29, 0.717) is 33.9 Å². The van der Waals surface area contributed by atoms with Gasteiger partial charge in [0.1, 0.15) is 0 Å². The summed E-state index contributed by atoms with van der Waals surface area (Å²) in [5.41, 5.74) is 1.40. The van der Waals surface area contributed by atoms with Crippen LogP contribution in [0.1, 0.15) is 18.7 Å². The first-order chi connectivity index (χ1) is 14.1. The highest BCUT2D eigenvalue weighted by Crippen LogP contribution is 2.29. The summed E-state index contributed by atoms with van der Waals surface area (Å²) in [6, 6.07) is 8.79. The fourth-order valence-corrected chi connectivity index (χ4v) is 3.82. The number of benzene rings is 1. The number of rotatable bonds is 5. The number of nitrogens with one attached hydrogen (secondary N) is 1. The molecule has 7 nitrogen and oxygen atoms in total. The molecule has 9 heteroatoms. The summed E-state index contributed by atoms with van der Waals surface area (Å²) in [5, 5.41) is 7.98. The molecule has 0 unspecified atom stereocenters. The molecule has 0 spiro atoms. The van der Waals surface area contributed by atoms with Gasteiger partial charge < -0.3 is 9.84 Å². The van der Waals surface area contributed by atoms with E-state index in [1.165, 1.54) is 0 Å². The Bertz CT molecular complexity index is 988. The van der Waals surface area contributed by atoms with Gasteiger partial charge in [0.25, 0.3) is 0 Å². The molecule has 3 aromatic rings. The summed E-state index contributed by atoms with van der Waals surface area (Å²) in [4.78, 5) is 23.1. The molecule has 0 saturated carbocycles. The van der Waals surface area contributed by atoms with E-state index in [1.54, 1.807) is 36.7 Å². The molecule has 1 amide bonds. The van der Waals surface area contributed by atoms with Gasteiger partial charge in [-0.1, -0.05) is 28.4 Å². The Morgan fingerprint density at radius 1 is 1.24 bits per heavy atom. The van der Waals surface area contributed by atoms with Crippen LogP contribution < -0.4 is 5.32 Å². The van der Waals surface area contributed by atoms with Crippen LogP contribution in [0.2, 0.25) is 10.0 Å². The van der Waals surface area contributed by atoms with Gasteiger partial charge in [0.2, 0.25) is 17.6 Å². The molecule has 3 heterocycles. The number of amides is 1. The number of piperidine rings is 1. The molecule has 4 rings (SSSR count). The van der Waals surface area contributed by atoms with Gasteiger partial charge in [0, 0.05) is 22.7 Å². The predicted molar refractivity (Wildman–Crippen MR) is 111 cm³/mol. The lowest BCUT2D eigenvalue weighted by atomic mass is 9.96. The number of nitrogens with zero attached hydrogens (tertiary/aromatic N) is 4. The quantitative estimate of drug-likeness (QED) is 0.648. The first kappa shape index (κ1) is 19.8. The topological polar surface area (TPSA) is 84.2 Å². The third kappa shape index (κ3) is 4.93. The third-order valence-corrected chi connectivity index (χ3v) is 5.43. The second-order valence-electron chi connectivity index (χ2n) is 6.92. The molecule has 1 aliphatic rings. The number of carbonyl (C=O) groups excluding carboxylic acids is 1. The van der Waals surface area contributed by atoms with Crippen LogP contribution in [0.3, 0.4) is 0 Å². The molecule has 1 saturated heterocycles. The normalized spacial score (nSPS) is 15.4. The monoisotopic (exact) mass is 431 g/mol. The lowest BCUT2D eigenvalue weighted by Gasteiger charge is -2.30. The van der Waals surface area contributed by atoms with Crippen LogP contribution in [-0.2, 0) is 11.3 Å². The van der Waals surface area contributed by atoms with Crippen molar-refractivity contribution in [2.24, 2.45) is 5.92 Å². The molecule has 150 valence electrons. The first-order valence-corrected chi connectivity index (χ1v) is 10.1. The standard InChI is InChI=1S/C20H19Cl2N5O2/c21-14-3-4-16(17(22)10-14)19-25-18(29-26-19)12-27-8-5-13(6-9-27)20(28)24-15-2-1-7-23-11-15/h1-4,7,10-11,13H,5-6,8-9,12H2,(H,24,28). The lowest BCUT2D eigenvalue weighted by molar-refractivity contribution is -0.121. The van der Waals surface area contributed by atoms with Gasteiger partial charge >= 0.3 is 0 Å². The second kappa shape index (κ2) is 8.90. The summed E-state index contributed by atoms with van der Waals surface area (Å²) in [6.07, 6.45) is 4.87. The van der Waals surface area contributed by atoms with Crippen molar-refractivity contribution in [1.82, 2.24) is 20.0 Å². The Morgan fingerprint density at radius 2 is 2.07 bits per heavy atom. The van der Waals surface area contributed by atoms with E-state index in [4.69, 9.17) is 27.7 Å². The van der Waals surface area contributed by atoms with Crippen LogP contribution in [0, 0.1) is 5.92 Å². The van der Waals surface area contributed by atoms with Gasteiger partial charge in [-0.15, -0.1) is 0 Å². The van der Waals surface area contributed by atoms with Crippen LogP contribution in [0.15, 0.2) is 47.2 Å². The van der Waals surface area contributed by atoms with Crippen LogP contribution in [0.5, 0.6) is 0 Å². The van der Waals surface area contributed by atoms with E-state index >= 15 is 0 Å². The van der Waals surface area contributed by atoms with Gasteiger partial charge in [-0.05, 0) is 56.3 Å². The molecule has 0 bridgehead atoms. The van der Waals surface area contributed by atoms with Gasteiger partial charge in [0.05, 0.1) is 23.5 Å². The molecule has 1 fully saturated rings. The number of aromatic nitrogens is 3. The van der Waals surface area contributed by atoms with E-state index in [2.05, 4.69) is 25.3 Å². The molecule has 2 aromatic heterocycles. The highest BCUT2D eigenvalue weighted by atomic mass is 35.5. The summed E-state index contributed by atoms with van der Waals surface area (Å²) < 4.78 is 5.38. The molecule has 1 aromatic carbocycles. The average molecular weight is 432 g/mol. The van der Waals surface area contributed by atoms with Crippen molar-refractivity contribution in [1.29, 1.82) is 0 Å². The zero-order chi connectivity index (χ0) is 20.2. The summed E-state index contributed by atoms with van der Waals surface area (Å²) in [7, 11) is 0. The van der Waals surface area contributed by atoms with Gasteiger partial charge in [-0.25, -0.2) is 0 Å². The Morgan fingerprint density at radius 3 is 2.79 bits per heavy atom. The maximum atomic E-state index is 12.4. The highest BCUT2D eigenvalue weighted by Gasteiger charge is 2.26. The van der Waals surface area contributed by atoms with Crippen molar-refractivity contribution in [2.75, 3.05) is 18.4 Å². The molecule has 0 aliphatic carbocycles. The molecule has 1 aliphatic heterocycles. The van der Waals surface area contributed by atoms with Crippen molar-refractivity contribution in [3.63, 3.8) is 0 Å². The second-order valence-corrected chi connectivity index (χ2v) is 7.76. The number of hydrogen-bond acceptors (Lipinski definition) is 6. The number of likely N-dealkylation sites (tertiary alicyclic amines) is 1. The van der Waals surface area contributed by atoms with Crippen molar-refractivity contribution in [2.45, 2.75) is 19.4 Å². The van der Waals surface area contributed by atoms with E-state index in [1.807, 2.05) is 6.07 Å². The minimum absolute atomic E-state index is 0.0161. The van der Waals surface area contributed by atoms with Crippen LogP contribution in [0.25, 0.3) is 11.4 Å². The van der Waals surface area contributed by atoms with Crippen LogP contribution in [-0.4, -0.2) is 39.0 Å². The van der Waals surface area contributed by atoms with E-state index in [9.17, 15) is 4.79 Å². The first-order valence-electron chi connectivity index (χ1n) is 9.30. The van der Waals surface area contributed by atoms with Crippen molar-refractivity contribution >= 4 is 34.8 Å². The van der Waals surface area contributed by atoms with E-state index in [0.717, 1.165) is 31.6 Å². The predicted octanol–water partition coefficient (Wildman–Crippen LogP) is 4.29. The van der Waals surface area contributed by atoms with Crippen LogP contribution >= 0.6 is 23.2 Å². The number of anilines is 1. The smallest absolute Gasteiger partial charge is 0.241 e. The number of halogens is 2.